The molecule has 0 spiro atoms. The first-order chi connectivity index (χ1) is 8.83. The van der Waals surface area contributed by atoms with Gasteiger partial charge in [0.2, 0.25) is 0 Å². The number of fused-ring (bicyclic) bond motifs is 1. The predicted molar refractivity (Wildman–Crippen MR) is 63.4 cm³/mol. The van der Waals surface area contributed by atoms with Gasteiger partial charge in [0.25, 0.3) is 0 Å². The first kappa shape index (κ1) is 10.5. The van der Waals surface area contributed by atoms with Gasteiger partial charge in [-0.2, -0.15) is 15.4 Å². The van der Waals surface area contributed by atoms with Crippen LogP contribution in [0.2, 0.25) is 0 Å². The van der Waals surface area contributed by atoms with E-state index < -0.39 is 6.09 Å². The van der Waals surface area contributed by atoms with Crippen LogP contribution >= 0.6 is 0 Å². The van der Waals surface area contributed by atoms with Crippen molar-refractivity contribution in [2.45, 2.75) is 6.54 Å². The molecule has 1 aliphatic rings. The minimum atomic E-state index is -0.439. The van der Waals surface area contributed by atoms with Crippen LogP contribution in [-0.2, 0) is 6.54 Å². The molecule has 1 aromatic heterocycles. The number of aromatic amines is 1. The second-order valence-electron chi connectivity index (χ2n) is 3.78. The van der Waals surface area contributed by atoms with Crippen molar-refractivity contribution < 1.29 is 9.53 Å². The van der Waals surface area contributed by atoms with Crippen LogP contribution in [0.1, 0.15) is 11.4 Å². The van der Waals surface area contributed by atoms with Crippen molar-refractivity contribution in [1.29, 1.82) is 0 Å². The van der Waals surface area contributed by atoms with E-state index in [9.17, 15) is 4.79 Å². The van der Waals surface area contributed by atoms with Crippen LogP contribution in [0.5, 0.6) is 5.75 Å². The fourth-order valence-corrected chi connectivity index (χ4v) is 1.66. The monoisotopic (exact) mass is 242 g/mol. The summed E-state index contributed by atoms with van der Waals surface area (Å²) in [5.41, 5.74) is 1.47. The molecule has 1 amide bonds. The second kappa shape index (κ2) is 4.33. The Labute approximate surface area is 103 Å². The van der Waals surface area contributed by atoms with Gasteiger partial charge in [0.1, 0.15) is 17.1 Å². The minimum Gasteiger partial charge on any atom is -0.410 e. The molecule has 0 unspecified atom stereocenters. The number of aromatic nitrogens is 3. The maximum Gasteiger partial charge on any atom is 0.419 e. The molecule has 3 rings (SSSR count). The number of nitrogens with zero attached hydrogens (tertiary/aromatic N) is 3. The number of amides is 1. The molecule has 0 atom stereocenters. The number of benzene rings is 1. The molecule has 0 saturated heterocycles. The van der Waals surface area contributed by atoms with Crippen molar-refractivity contribution in [3.63, 3.8) is 0 Å². The summed E-state index contributed by atoms with van der Waals surface area (Å²) in [7, 11) is 0. The number of para-hydroxylation sites is 1. The number of hydrogen-bond donors (Lipinski definition) is 1. The predicted octanol–water partition coefficient (Wildman–Crippen LogP) is 1.79. The highest BCUT2D eigenvalue weighted by Gasteiger charge is 2.20. The molecular formula is C12H10N4O2. The average molecular weight is 242 g/mol. The van der Waals surface area contributed by atoms with Crippen LogP contribution in [0.3, 0.4) is 0 Å². The Morgan fingerprint density at radius 1 is 1.28 bits per heavy atom. The van der Waals surface area contributed by atoms with Gasteiger partial charge >= 0.3 is 6.09 Å². The lowest BCUT2D eigenvalue weighted by molar-refractivity contribution is 0.167. The summed E-state index contributed by atoms with van der Waals surface area (Å²) in [6.07, 6.45) is 2.91. The average Bonchev–Trinajstić information content (AvgIpc) is 2.87. The maximum absolute atomic E-state index is 11.9. The first-order valence-electron chi connectivity index (χ1n) is 5.44. The number of carbonyl (C=O) groups is 1. The Morgan fingerprint density at radius 2 is 2.11 bits per heavy atom. The third kappa shape index (κ3) is 1.95. The number of nitrogens with one attached hydrogen (secondary N) is 1. The number of carbonyl (C=O) groups excluding carboxylic acids is 1. The van der Waals surface area contributed by atoms with E-state index in [0.717, 1.165) is 11.4 Å². The fraction of sp³-hybridized carbons (Fsp3) is 0.0833. The summed E-state index contributed by atoms with van der Waals surface area (Å²) in [6, 6.07) is 8.94. The summed E-state index contributed by atoms with van der Waals surface area (Å²) >= 11 is 0. The normalized spacial score (nSPS) is 13.2. The molecule has 2 aromatic rings. The molecule has 1 N–H and O–H groups in total. The topological polar surface area (TPSA) is 71.1 Å². The second-order valence-corrected chi connectivity index (χ2v) is 3.78. The minimum absolute atomic E-state index is 0.355. The van der Waals surface area contributed by atoms with Crippen molar-refractivity contribution >= 4 is 12.2 Å². The zero-order valence-electron chi connectivity index (χ0n) is 9.41. The molecule has 0 saturated carbocycles. The zero-order chi connectivity index (χ0) is 12.4. The Hall–Kier alpha value is -2.63. The Morgan fingerprint density at radius 3 is 2.94 bits per heavy atom. The van der Waals surface area contributed by atoms with E-state index >= 15 is 0 Å². The Bertz CT molecular complexity index is 591. The molecule has 6 nitrogen and oxygen atoms in total. The molecule has 1 aliphatic heterocycles. The molecule has 1 aromatic carbocycles. The fourth-order valence-electron chi connectivity index (χ4n) is 1.66. The molecule has 0 bridgehead atoms. The standard InChI is InChI=1S/C12H10N4O2/c17-12(18-9-4-2-1-3-5-9)16-7-6-10-11(8-16)14-15-13-10/h1-7H,8H2,(H,13,14,15). The molecule has 0 radical (unpaired) electrons. The molecule has 90 valence electrons. The smallest absolute Gasteiger partial charge is 0.410 e. The van der Waals surface area contributed by atoms with E-state index in [4.69, 9.17) is 4.74 Å². The van der Waals surface area contributed by atoms with Gasteiger partial charge in [-0.1, -0.05) is 18.2 Å². The third-order valence-corrected chi connectivity index (χ3v) is 2.57. The molecule has 2 heterocycles. The summed E-state index contributed by atoms with van der Waals surface area (Å²) < 4.78 is 5.22. The van der Waals surface area contributed by atoms with Crippen LogP contribution in [-0.4, -0.2) is 26.4 Å². The third-order valence-electron chi connectivity index (χ3n) is 2.57. The van der Waals surface area contributed by atoms with E-state index in [1.54, 1.807) is 24.4 Å². The van der Waals surface area contributed by atoms with Crippen molar-refractivity contribution in [2.24, 2.45) is 0 Å². The van der Waals surface area contributed by atoms with Crippen LogP contribution < -0.4 is 4.74 Å². The van der Waals surface area contributed by atoms with Crippen LogP contribution in [0.25, 0.3) is 6.08 Å². The van der Waals surface area contributed by atoms with E-state index in [1.165, 1.54) is 4.90 Å². The molecule has 18 heavy (non-hydrogen) atoms. The summed E-state index contributed by atoms with van der Waals surface area (Å²) in [5, 5.41) is 10.4. The van der Waals surface area contributed by atoms with Gasteiger partial charge < -0.3 is 4.74 Å². The van der Waals surface area contributed by atoms with Crippen LogP contribution in [0, 0.1) is 0 Å². The first-order valence-corrected chi connectivity index (χ1v) is 5.44. The molecule has 0 aliphatic carbocycles. The van der Waals surface area contributed by atoms with Crippen molar-refractivity contribution in [3.05, 3.63) is 47.9 Å². The van der Waals surface area contributed by atoms with E-state index in [1.807, 2.05) is 18.2 Å². The largest absolute Gasteiger partial charge is 0.419 e. The molecular weight excluding hydrogens is 232 g/mol. The van der Waals surface area contributed by atoms with Crippen LogP contribution in [0.4, 0.5) is 4.79 Å². The van der Waals surface area contributed by atoms with Gasteiger partial charge in [-0.15, -0.1) is 0 Å². The number of rotatable bonds is 1. The van der Waals surface area contributed by atoms with Crippen molar-refractivity contribution in [3.8, 4) is 5.75 Å². The summed E-state index contributed by atoms with van der Waals surface area (Å²) in [4.78, 5) is 13.3. The van der Waals surface area contributed by atoms with E-state index in [-0.39, 0.29) is 0 Å². The highest BCUT2D eigenvalue weighted by atomic mass is 16.6. The van der Waals surface area contributed by atoms with E-state index in [0.29, 0.717) is 12.3 Å². The van der Waals surface area contributed by atoms with Crippen molar-refractivity contribution in [1.82, 2.24) is 20.3 Å². The van der Waals surface area contributed by atoms with Gasteiger partial charge in [-0.25, -0.2) is 4.79 Å². The number of H-pyrrole nitrogens is 1. The van der Waals surface area contributed by atoms with E-state index in [2.05, 4.69) is 15.4 Å². The zero-order valence-corrected chi connectivity index (χ0v) is 9.41. The lowest BCUT2D eigenvalue weighted by Gasteiger charge is -2.19. The number of hydrogen-bond acceptors (Lipinski definition) is 4. The van der Waals surface area contributed by atoms with Gasteiger partial charge in [0, 0.05) is 6.20 Å². The Kier molecular flexibility index (Phi) is 2.53. The van der Waals surface area contributed by atoms with Gasteiger partial charge in [0.05, 0.1) is 6.54 Å². The van der Waals surface area contributed by atoms with Crippen molar-refractivity contribution in [2.75, 3.05) is 0 Å². The van der Waals surface area contributed by atoms with Gasteiger partial charge in [-0.05, 0) is 18.2 Å². The Balaban J connectivity index is 1.72. The summed E-state index contributed by atoms with van der Waals surface area (Å²) in [5.74, 6) is 0.516. The number of ether oxygens (including phenoxy) is 1. The molecule has 0 fully saturated rings. The SMILES string of the molecule is O=C(Oc1ccccc1)N1C=Cc2n[nH]nc2C1. The lowest BCUT2D eigenvalue weighted by atomic mass is 10.2. The highest BCUT2D eigenvalue weighted by molar-refractivity contribution is 5.74. The maximum atomic E-state index is 11.9. The summed E-state index contributed by atoms with van der Waals surface area (Å²) in [6.45, 7) is 0.355. The lowest BCUT2D eigenvalue weighted by Crippen LogP contribution is -2.30. The van der Waals surface area contributed by atoms with Crippen LogP contribution in [0.15, 0.2) is 36.5 Å². The highest BCUT2D eigenvalue weighted by Crippen LogP contribution is 2.17. The van der Waals surface area contributed by atoms with Gasteiger partial charge in [0.15, 0.2) is 0 Å². The molecule has 6 heteroatoms. The van der Waals surface area contributed by atoms with Gasteiger partial charge in [-0.3, -0.25) is 4.90 Å². The quantitative estimate of drug-likeness (QED) is 0.827.